The highest BCUT2D eigenvalue weighted by atomic mass is 15.3. The molecule has 0 spiro atoms. The maximum atomic E-state index is 5.81. The Morgan fingerprint density at radius 1 is 1.30 bits per heavy atom. The van der Waals surface area contributed by atoms with E-state index in [9.17, 15) is 0 Å². The van der Waals surface area contributed by atoms with Crippen molar-refractivity contribution < 1.29 is 0 Å². The van der Waals surface area contributed by atoms with E-state index in [-0.39, 0.29) is 11.4 Å². The van der Waals surface area contributed by atoms with Crippen LogP contribution in [0, 0.1) is 11.3 Å². The van der Waals surface area contributed by atoms with E-state index in [0.29, 0.717) is 17.9 Å². The van der Waals surface area contributed by atoms with Crippen molar-refractivity contribution in [3.63, 3.8) is 0 Å². The molecule has 2 aliphatic heterocycles. The van der Waals surface area contributed by atoms with Gasteiger partial charge in [-0.2, -0.15) is 15.0 Å². The van der Waals surface area contributed by atoms with Crippen molar-refractivity contribution in [1.29, 1.82) is 0 Å². The van der Waals surface area contributed by atoms with Crippen LogP contribution >= 0.6 is 0 Å². The van der Waals surface area contributed by atoms with Crippen LogP contribution in [0.2, 0.25) is 0 Å². The molecule has 4 N–H and O–H groups in total. The topological polar surface area (TPSA) is 92.0 Å². The molecule has 0 bridgehead atoms. The Bertz CT molecular complexity index is 484. The first-order valence-electron chi connectivity index (χ1n) is 7.14. The second-order valence-electron chi connectivity index (χ2n) is 6.91. The van der Waals surface area contributed by atoms with Crippen LogP contribution in [-0.2, 0) is 0 Å². The molecule has 0 saturated carbocycles. The van der Waals surface area contributed by atoms with Gasteiger partial charge in [0.25, 0.3) is 0 Å². The van der Waals surface area contributed by atoms with Gasteiger partial charge in [-0.3, -0.25) is 0 Å². The fourth-order valence-corrected chi connectivity index (χ4v) is 2.56. The Balaban J connectivity index is 1.73. The van der Waals surface area contributed by atoms with E-state index in [1.54, 1.807) is 0 Å². The molecule has 1 aromatic rings. The number of anilines is 3. The monoisotopic (exact) mass is 277 g/mol. The number of hydrogen-bond acceptors (Lipinski definition) is 7. The molecule has 7 nitrogen and oxygen atoms in total. The Morgan fingerprint density at radius 3 is 2.65 bits per heavy atom. The van der Waals surface area contributed by atoms with Crippen molar-refractivity contribution in [3.8, 4) is 0 Å². The highest BCUT2D eigenvalue weighted by molar-refractivity contribution is 5.43. The van der Waals surface area contributed by atoms with Crippen molar-refractivity contribution in [2.75, 3.05) is 42.1 Å². The first kappa shape index (κ1) is 13.4. The lowest BCUT2D eigenvalue weighted by atomic mass is 9.96. The molecule has 0 radical (unpaired) electrons. The van der Waals surface area contributed by atoms with Crippen molar-refractivity contribution in [3.05, 3.63) is 0 Å². The van der Waals surface area contributed by atoms with Gasteiger partial charge in [0.2, 0.25) is 17.8 Å². The Hall–Kier alpha value is -1.63. The molecule has 110 valence electrons. The van der Waals surface area contributed by atoms with Gasteiger partial charge in [-0.05, 0) is 5.41 Å². The third kappa shape index (κ3) is 2.77. The largest absolute Gasteiger partial charge is 0.368 e. The summed E-state index contributed by atoms with van der Waals surface area (Å²) in [5.74, 6) is 2.25. The molecule has 0 aliphatic carbocycles. The maximum Gasteiger partial charge on any atom is 0.232 e. The molecule has 20 heavy (non-hydrogen) atoms. The fourth-order valence-electron chi connectivity index (χ4n) is 2.56. The van der Waals surface area contributed by atoms with Gasteiger partial charge in [0.05, 0.1) is 0 Å². The summed E-state index contributed by atoms with van der Waals surface area (Å²) in [6.45, 7) is 10.3. The Labute approximate surface area is 119 Å². The molecule has 2 aliphatic rings. The van der Waals surface area contributed by atoms with E-state index in [1.165, 1.54) is 0 Å². The first-order chi connectivity index (χ1) is 9.40. The van der Waals surface area contributed by atoms with Gasteiger partial charge in [-0.25, -0.2) is 0 Å². The van der Waals surface area contributed by atoms with Crippen LogP contribution in [-0.4, -0.2) is 47.2 Å². The van der Waals surface area contributed by atoms with Crippen molar-refractivity contribution >= 4 is 17.8 Å². The van der Waals surface area contributed by atoms with Crippen molar-refractivity contribution in [2.45, 2.75) is 26.8 Å². The average molecular weight is 277 g/mol. The highest BCUT2D eigenvalue weighted by Gasteiger charge is 2.40. The van der Waals surface area contributed by atoms with Gasteiger partial charge in [0.1, 0.15) is 0 Å². The number of fused-ring (bicyclic) bond motifs is 1. The van der Waals surface area contributed by atoms with Crippen LogP contribution in [0.4, 0.5) is 17.8 Å². The van der Waals surface area contributed by atoms with Crippen molar-refractivity contribution in [2.24, 2.45) is 11.3 Å². The van der Waals surface area contributed by atoms with Crippen LogP contribution in [0.25, 0.3) is 0 Å². The number of nitrogen functional groups attached to an aromatic ring is 1. The van der Waals surface area contributed by atoms with Gasteiger partial charge >= 0.3 is 0 Å². The SMILES string of the molecule is CC(C)(C)CNc1nc(N)nc(N2C[C@@H]3CN[C@@H]3C2)n1. The molecule has 2 saturated heterocycles. The highest BCUT2D eigenvalue weighted by Crippen LogP contribution is 2.27. The van der Waals surface area contributed by atoms with Crippen molar-refractivity contribution in [1.82, 2.24) is 20.3 Å². The molecule has 2 fully saturated rings. The number of nitrogens with two attached hydrogens (primary N) is 1. The van der Waals surface area contributed by atoms with Gasteiger partial charge in [-0.15, -0.1) is 0 Å². The molecule has 0 amide bonds. The zero-order chi connectivity index (χ0) is 14.3. The van der Waals surface area contributed by atoms with Gasteiger partial charge in [-0.1, -0.05) is 20.8 Å². The first-order valence-corrected chi connectivity index (χ1v) is 7.14. The molecule has 3 rings (SSSR count). The Morgan fingerprint density at radius 2 is 2.10 bits per heavy atom. The van der Waals surface area contributed by atoms with Crippen LogP contribution in [0.5, 0.6) is 0 Å². The molecular weight excluding hydrogens is 254 g/mol. The third-order valence-electron chi connectivity index (χ3n) is 3.78. The number of nitrogens with zero attached hydrogens (tertiary/aromatic N) is 4. The van der Waals surface area contributed by atoms with Crippen LogP contribution in [0.3, 0.4) is 0 Å². The zero-order valence-electron chi connectivity index (χ0n) is 12.3. The smallest absolute Gasteiger partial charge is 0.232 e. The standard InChI is InChI=1S/C13H23N7/c1-13(2,3)7-16-11-17-10(14)18-12(19-11)20-5-8-4-15-9(8)6-20/h8-9,15H,4-7H2,1-3H3,(H3,14,16,17,18,19)/t8-,9+/m0/s1. The summed E-state index contributed by atoms with van der Waals surface area (Å²) in [5.41, 5.74) is 5.97. The lowest BCUT2D eigenvalue weighted by Crippen LogP contribution is -2.51. The minimum Gasteiger partial charge on any atom is -0.368 e. The van der Waals surface area contributed by atoms with E-state index in [4.69, 9.17) is 5.73 Å². The number of nitrogens with one attached hydrogen (secondary N) is 2. The van der Waals surface area contributed by atoms with E-state index in [0.717, 1.165) is 32.1 Å². The summed E-state index contributed by atoms with van der Waals surface area (Å²) in [6, 6.07) is 0.582. The summed E-state index contributed by atoms with van der Waals surface area (Å²) in [5, 5.41) is 6.66. The summed E-state index contributed by atoms with van der Waals surface area (Å²) in [4.78, 5) is 15.1. The second-order valence-corrected chi connectivity index (χ2v) is 6.91. The van der Waals surface area contributed by atoms with Gasteiger partial charge < -0.3 is 21.3 Å². The minimum absolute atomic E-state index is 0.165. The molecule has 0 aromatic carbocycles. The summed E-state index contributed by atoms with van der Waals surface area (Å²) in [6.07, 6.45) is 0. The average Bonchev–Trinajstić information content (AvgIpc) is 2.61. The second kappa shape index (κ2) is 4.73. The third-order valence-corrected chi connectivity index (χ3v) is 3.78. The molecule has 2 atom stereocenters. The maximum absolute atomic E-state index is 5.81. The molecular formula is C13H23N7. The zero-order valence-corrected chi connectivity index (χ0v) is 12.3. The van der Waals surface area contributed by atoms with E-state index in [1.807, 2.05) is 0 Å². The molecule has 0 unspecified atom stereocenters. The quantitative estimate of drug-likeness (QED) is 0.732. The summed E-state index contributed by atoms with van der Waals surface area (Å²) >= 11 is 0. The van der Waals surface area contributed by atoms with Gasteiger partial charge in [0.15, 0.2) is 0 Å². The van der Waals surface area contributed by atoms with Crippen LogP contribution in [0.15, 0.2) is 0 Å². The van der Waals surface area contributed by atoms with Gasteiger partial charge in [0, 0.05) is 38.1 Å². The lowest BCUT2D eigenvalue weighted by molar-refractivity contribution is 0.297. The van der Waals surface area contributed by atoms with E-state index < -0.39 is 0 Å². The van der Waals surface area contributed by atoms with E-state index >= 15 is 0 Å². The molecule has 1 aromatic heterocycles. The van der Waals surface area contributed by atoms with Crippen LogP contribution < -0.4 is 21.3 Å². The minimum atomic E-state index is 0.165. The van der Waals surface area contributed by atoms with E-state index in [2.05, 4.69) is 51.3 Å². The predicted molar refractivity (Wildman–Crippen MR) is 79.7 cm³/mol. The Kier molecular flexibility index (Phi) is 3.16. The number of rotatable bonds is 3. The number of hydrogen-bond donors (Lipinski definition) is 3. The normalized spacial score (nSPS) is 25.2. The summed E-state index contributed by atoms with van der Waals surface area (Å²) < 4.78 is 0. The van der Waals surface area contributed by atoms with Crippen LogP contribution in [0.1, 0.15) is 20.8 Å². The molecule has 7 heteroatoms. The molecule has 3 heterocycles. The number of aromatic nitrogens is 3. The summed E-state index contributed by atoms with van der Waals surface area (Å²) in [7, 11) is 0. The fraction of sp³-hybridized carbons (Fsp3) is 0.769. The predicted octanol–water partition coefficient (Wildman–Crippen LogP) is 0.320. The lowest BCUT2D eigenvalue weighted by Gasteiger charge is -2.29.